The summed E-state index contributed by atoms with van der Waals surface area (Å²) in [6.07, 6.45) is 6.01. The number of nitrogens with one attached hydrogen (secondary N) is 1. The van der Waals surface area contributed by atoms with Crippen LogP contribution < -0.4 is 5.32 Å². The predicted molar refractivity (Wildman–Crippen MR) is 88.8 cm³/mol. The van der Waals surface area contributed by atoms with Crippen LogP contribution in [0.1, 0.15) is 50.9 Å². The minimum absolute atomic E-state index is 0.626. The monoisotopic (exact) mass is 312 g/mol. The standard InChI is InChI=1S/C16H29ClN4/c1-4-9-18-11-13-8-6-7-10-21(13)12-15-16(17)14(5-2)19-20(15)3/h13,18H,4-12H2,1-3H3. The van der Waals surface area contributed by atoms with E-state index in [0.717, 1.165) is 42.5 Å². The molecule has 0 saturated carbocycles. The van der Waals surface area contributed by atoms with E-state index in [-0.39, 0.29) is 0 Å². The molecule has 1 aromatic rings. The van der Waals surface area contributed by atoms with Crippen molar-refractivity contribution in [3.05, 3.63) is 16.4 Å². The van der Waals surface area contributed by atoms with E-state index in [1.54, 1.807) is 0 Å². The molecule has 0 amide bonds. The molecule has 0 aliphatic carbocycles. The van der Waals surface area contributed by atoms with E-state index in [1.807, 2.05) is 11.7 Å². The minimum Gasteiger partial charge on any atom is -0.315 e. The summed E-state index contributed by atoms with van der Waals surface area (Å²) in [5, 5.41) is 8.97. The van der Waals surface area contributed by atoms with E-state index in [1.165, 1.54) is 32.2 Å². The second-order valence-corrected chi connectivity index (χ2v) is 6.39. The van der Waals surface area contributed by atoms with Crippen LogP contribution in [0.2, 0.25) is 5.02 Å². The van der Waals surface area contributed by atoms with Crippen LogP contribution in [-0.2, 0) is 20.0 Å². The molecule has 1 aliphatic heterocycles. The fraction of sp³-hybridized carbons (Fsp3) is 0.812. The normalized spacial score (nSPS) is 20.1. The van der Waals surface area contributed by atoms with Crippen molar-refractivity contribution in [2.75, 3.05) is 19.6 Å². The molecule has 0 spiro atoms. The molecule has 1 saturated heterocycles. The van der Waals surface area contributed by atoms with E-state index in [0.29, 0.717) is 6.04 Å². The number of hydrogen-bond acceptors (Lipinski definition) is 3. The van der Waals surface area contributed by atoms with E-state index >= 15 is 0 Å². The number of likely N-dealkylation sites (tertiary alicyclic amines) is 1. The fourth-order valence-electron chi connectivity index (χ4n) is 3.13. The lowest BCUT2D eigenvalue weighted by atomic mass is 10.0. The summed E-state index contributed by atoms with van der Waals surface area (Å²) in [7, 11) is 2.01. The third kappa shape index (κ3) is 4.21. The van der Waals surface area contributed by atoms with Crippen LogP contribution in [0, 0.1) is 0 Å². The van der Waals surface area contributed by atoms with Gasteiger partial charge in [-0.25, -0.2) is 0 Å². The molecule has 0 aromatic carbocycles. The Morgan fingerprint density at radius 1 is 1.33 bits per heavy atom. The van der Waals surface area contributed by atoms with E-state index in [9.17, 15) is 0 Å². The van der Waals surface area contributed by atoms with Crippen molar-refractivity contribution in [1.29, 1.82) is 0 Å². The first-order chi connectivity index (χ1) is 10.2. The molecule has 0 radical (unpaired) electrons. The number of aromatic nitrogens is 2. The van der Waals surface area contributed by atoms with Crippen molar-refractivity contribution in [2.24, 2.45) is 7.05 Å². The Kier molecular flexibility index (Phi) is 6.52. The van der Waals surface area contributed by atoms with Gasteiger partial charge in [0.05, 0.1) is 16.4 Å². The molecule has 0 bridgehead atoms. The van der Waals surface area contributed by atoms with Gasteiger partial charge in [-0.05, 0) is 38.8 Å². The Morgan fingerprint density at radius 3 is 2.81 bits per heavy atom. The lowest BCUT2D eigenvalue weighted by Crippen LogP contribution is -2.45. The second-order valence-electron chi connectivity index (χ2n) is 6.01. The summed E-state index contributed by atoms with van der Waals surface area (Å²) in [4.78, 5) is 2.58. The van der Waals surface area contributed by atoms with Crippen molar-refractivity contribution in [3.63, 3.8) is 0 Å². The molecule has 21 heavy (non-hydrogen) atoms. The molecule has 2 heterocycles. The number of rotatable bonds is 7. The summed E-state index contributed by atoms with van der Waals surface area (Å²) >= 11 is 6.50. The molecule has 1 atom stereocenters. The first kappa shape index (κ1) is 16.8. The van der Waals surface area contributed by atoms with Crippen LogP contribution in [0.4, 0.5) is 0 Å². The summed E-state index contributed by atoms with van der Waals surface area (Å²) in [6, 6.07) is 0.626. The highest BCUT2D eigenvalue weighted by atomic mass is 35.5. The molecular formula is C16H29ClN4. The van der Waals surface area contributed by atoms with Crippen molar-refractivity contribution >= 4 is 11.6 Å². The Morgan fingerprint density at radius 2 is 2.14 bits per heavy atom. The molecule has 120 valence electrons. The lowest BCUT2D eigenvalue weighted by molar-refractivity contribution is 0.134. The molecule has 1 unspecified atom stereocenters. The minimum atomic E-state index is 0.626. The van der Waals surface area contributed by atoms with E-state index in [4.69, 9.17) is 11.6 Å². The molecular weight excluding hydrogens is 284 g/mol. The smallest absolute Gasteiger partial charge is 0.0863 e. The number of piperidine rings is 1. The summed E-state index contributed by atoms with van der Waals surface area (Å²) < 4.78 is 1.96. The maximum atomic E-state index is 6.50. The van der Waals surface area contributed by atoms with Gasteiger partial charge in [0, 0.05) is 26.2 Å². The SMILES string of the molecule is CCCNCC1CCCCN1Cc1c(Cl)c(CC)nn1C. The van der Waals surface area contributed by atoms with Gasteiger partial charge < -0.3 is 5.32 Å². The number of halogens is 1. The van der Waals surface area contributed by atoms with Gasteiger partial charge in [0.1, 0.15) is 0 Å². The first-order valence-electron chi connectivity index (χ1n) is 8.32. The van der Waals surface area contributed by atoms with Gasteiger partial charge in [-0.1, -0.05) is 31.9 Å². The Balaban J connectivity index is 2.03. The van der Waals surface area contributed by atoms with Crippen LogP contribution in [0.5, 0.6) is 0 Å². The molecule has 1 fully saturated rings. The van der Waals surface area contributed by atoms with Crippen molar-refractivity contribution in [2.45, 2.75) is 58.5 Å². The van der Waals surface area contributed by atoms with Gasteiger partial charge in [-0.15, -0.1) is 0 Å². The molecule has 1 aliphatic rings. The van der Waals surface area contributed by atoms with Crippen LogP contribution >= 0.6 is 11.6 Å². The molecule has 4 nitrogen and oxygen atoms in total. The number of aryl methyl sites for hydroxylation is 2. The zero-order valence-corrected chi connectivity index (χ0v) is 14.4. The summed E-state index contributed by atoms with van der Waals surface area (Å²) in [6.45, 7) is 8.60. The third-order valence-corrected chi connectivity index (χ3v) is 4.85. The van der Waals surface area contributed by atoms with Gasteiger partial charge in [-0.3, -0.25) is 9.58 Å². The first-order valence-corrected chi connectivity index (χ1v) is 8.70. The van der Waals surface area contributed by atoms with Gasteiger partial charge in [0.15, 0.2) is 0 Å². The maximum Gasteiger partial charge on any atom is 0.0863 e. The highest BCUT2D eigenvalue weighted by Crippen LogP contribution is 2.25. The predicted octanol–water partition coefficient (Wildman–Crippen LogP) is 2.99. The Hall–Kier alpha value is -0.580. The fourth-order valence-corrected chi connectivity index (χ4v) is 3.48. The summed E-state index contributed by atoms with van der Waals surface area (Å²) in [5.41, 5.74) is 2.18. The summed E-state index contributed by atoms with van der Waals surface area (Å²) in [5.74, 6) is 0. The molecule has 1 aromatic heterocycles. The van der Waals surface area contributed by atoms with Crippen molar-refractivity contribution < 1.29 is 0 Å². The quantitative estimate of drug-likeness (QED) is 0.786. The Labute approximate surface area is 133 Å². The van der Waals surface area contributed by atoms with E-state index < -0.39 is 0 Å². The third-order valence-electron chi connectivity index (χ3n) is 4.41. The van der Waals surface area contributed by atoms with Crippen LogP contribution in [0.25, 0.3) is 0 Å². The van der Waals surface area contributed by atoms with Gasteiger partial charge in [0.2, 0.25) is 0 Å². The molecule has 5 heteroatoms. The number of hydrogen-bond donors (Lipinski definition) is 1. The molecule has 1 N–H and O–H groups in total. The van der Waals surface area contributed by atoms with Crippen LogP contribution in [0.3, 0.4) is 0 Å². The molecule has 2 rings (SSSR count). The highest BCUT2D eigenvalue weighted by molar-refractivity contribution is 6.31. The average molecular weight is 313 g/mol. The van der Waals surface area contributed by atoms with Gasteiger partial charge in [0.25, 0.3) is 0 Å². The van der Waals surface area contributed by atoms with Gasteiger partial charge >= 0.3 is 0 Å². The highest BCUT2D eigenvalue weighted by Gasteiger charge is 2.24. The maximum absolute atomic E-state index is 6.50. The zero-order chi connectivity index (χ0) is 15.2. The van der Waals surface area contributed by atoms with Crippen molar-refractivity contribution in [1.82, 2.24) is 20.0 Å². The van der Waals surface area contributed by atoms with Crippen LogP contribution in [0.15, 0.2) is 0 Å². The Bertz CT molecular complexity index is 444. The largest absolute Gasteiger partial charge is 0.315 e. The zero-order valence-electron chi connectivity index (χ0n) is 13.7. The topological polar surface area (TPSA) is 33.1 Å². The van der Waals surface area contributed by atoms with Crippen LogP contribution in [-0.4, -0.2) is 40.4 Å². The lowest BCUT2D eigenvalue weighted by Gasteiger charge is -2.36. The van der Waals surface area contributed by atoms with Gasteiger partial charge in [-0.2, -0.15) is 5.10 Å². The van der Waals surface area contributed by atoms with Crippen molar-refractivity contribution in [3.8, 4) is 0 Å². The second kappa shape index (κ2) is 8.16. The number of nitrogens with zero attached hydrogens (tertiary/aromatic N) is 3. The van der Waals surface area contributed by atoms with E-state index in [2.05, 4.69) is 29.2 Å². The average Bonchev–Trinajstić information content (AvgIpc) is 2.76.